The SMILES string of the molecule is CSC1(COC(=O)Nc2ccc(-c3cnc(C4CCCCC4)s3)c(S(=O)NC(C)(C)C)c2)CCCN1. The van der Waals surface area contributed by atoms with Gasteiger partial charge in [-0.3, -0.25) is 10.6 Å². The van der Waals surface area contributed by atoms with E-state index in [1.807, 2.05) is 45.4 Å². The molecule has 2 atom stereocenters. The standard InChI is InChI=1S/C26H38N4O3S3/c1-25(2,3)30-36(32)22-15-19(29-24(31)33-17-26(34-4)13-8-14-28-26)11-12-20(22)21-16-27-23(35-21)18-9-6-5-7-10-18/h11-12,15-16,18,28,30H,5-10,13-14,17H2,1-4H3,(H,29,31). The van der Waals surface area contributed by atoms with Crippen LogP contribution in [-0.2, 0) is 15.7 Å². The highest BCUT2D eigenvalue weighted by molar-refractivity contribution is 8.00. The largest absolute Gasteiger partial charge is 0.446 e. The molecule has 1 saturated heterocycles. The van der Waals surface area contributed by atoms with Crippen molar-refractivity contribution in [3.63, 3.8) is 0 Å². The Morgan fingerprint density at radius 1 is 1.28 bits per heavy atom. The number of benzene rings is 1. The Morgan fingerprint density at radius 2 is 2.06 bits per heavy atom. The topological polar surface area (TPSA) is 92.3 Å². The fourth-order valence-electron chi connectivity index (χ4n) is 4.71. The number of thiazole rings is 1. The molecule has 1 aliphatic heterocycles. The van der Waals surface area contributed by atoms with E-state index >= 15 is 0 Å². The van der Waals surface area contributed by atoms with Crippen molar-refractivity contribution in [3.05, 3.63) is 29.4 Å². The lowest BCUT2D eigenvalue weighted by atomic mass is 9.90. The number of ether oxygens (including phenoxy) is 1. The molecule has 0 spiro atoms. The molecule has 1 aliphatic carbocycles. The first-order chi connectivity index (χ1) is 17.2. The van der Waals surface area contributed by atoms with Gasteiger partial charge in [0.15, 0.2) is 0 Å². The van der Waals surface area contributed by atoms with Gasteiger partial charge in [0, 0.05) is 28.9 Å². The summed E-state index contributed by atoms with van der Waals surface area (Å²) in [5.74, 6) is 0.522. The third-order valence-electron chi connectivity index (χ3n) is 6.60. The summed E-state index contributed by atoms with van der Waals surface area (Å²) in [4.78, 5) is 18.7. The van der Waals surface area contributed by atoms with Crippen molar-refractivity contribution in [1.29, 1.82) is 0 Å². The van der Waals surface area contributed by atoms with Gasteiger partial charge >= 0.3 is 6.09 Å². The van der Waals surface area contributed by atoms with Crippen LogP contribution in [0, 0.1) is 0 Å². The Hall–Kier alpha value is -1.46. The molecule has 36 heavy (non-hydrogen) atoms. The monoisotopic (exact) mass is 550 g/mol. The summed E-state index contributed by atoms with van der Waals surface area (Å²) in [5.41, 5.74) is 1.09. The van der Waals surface area contributed by atoms with Gasteiger partial charge in [0.05, 0.1) is 19.7 Å². The van der Waals surface area contributed by atoms with E-state index in [9.17, 15) is 9.00 Å². The van der Waals surface area contributed by atoms with Crippen LogP contribution < -0.4 is 15.4 Å². The fourth-order valence-corrected chi connectivity index (χ4v) is 7.95. The maximum atomic E-state index is 13.4. The van der Waals surface area contributed by atoms with Gasteiger partial charge in [-0.1, -0.05) is 25.3 Å². The molecular formula is C26H38N4O3S3. The first-order valence-corrected chi connectivity index (χ1v) is 15.9. The van der Waals surface area contributed by atoms with Gasteiger partial charge in [0.2, 0.25) is 0 Å². The number of hydrogen-bond acceptors (Lipinski definition) is 7. The number of carbonyl (C=O) groups excluding carboxylic acids is 1. The van der Waals surface area contributed by atoms with Gasteiger partial charge in [-0.15, -0.1) is 23.1 Å². The van der Waals surface area contributed by atoms with Crippen LogP contribution in [0.25, 0.3) is 10.4 Å². The summed E-state index contributed by atoms with van der Waals surface area (Å²) < 4.78 is 22.1. The van der Waals surface area contributed by atoms with Crippen molar-refractivity contribution >= 4 is 45.9 Å². The molecule has 0 bridgehead atoms. The molecule has 1 saturated carbocycles. The van der Waals surface area contributed by atoms with Gasteiger partial charge in [-0.2, -0.15) is 0 Å². The van der Waals surface area contributed by atoms with Crippen molar-refractivity contribution in [1.82, 2.24) is 15.0 Å². The van der Waals surface area contributed by atoms with E-state index in [-0.39, 0.29) is 10.4 Å². The lowest BCUT2D eigenvalue weighted by Crippen LogP contribution is -2.41. The van der Waals surface area contributed by atoms with Crippen molar-refractivity contribution in [2.45, 2.75) is 86.9 Å². The highest BCUT2D eigenvalue weighted by atomic mass is 32.2. The summed E-state index contributed by atoms with van der Waals surface area (Å²) in [6, 6.07) is 5.55. The van der Waals surface area contributed by atoms with E-state index in [0.717, 1.165) is 29.8 Å². The van der Waals surface area contributed by atoms with Crippen LogP contribution in [0.2, 0.25) is 0 Å². The molecule has 3 N–H and O–H groups in total. The predicted molar refractivity (Wildman–Crippen MR) is 151 cm³/mol. The highest BCUT2D eigenvalue weighted by Crippen LogP contribution is 2.39. The van der Waals surface area contributed by atoms with Crippen molar-refractivity contribution in [2.24, 2.45) is 0 Å². The Morgan fingerprint density at radius 3 is 2.72 bits per heavy atom. The zero-order valence-electron chi connectivity index (χ0n) is 21.6. The van der Waals surface area contributed by atoms with Crippen LogP contribution in [0.3, 0.4) is 0 Å². The third kappa shape index (κ3) is 7.10. The number of nitrogens with one attached hydrogen (secondary N) is 3. The van der Waals surface area contributed by atoms with Crippen LogP contribution in [0.1, 0.15) is 76.6 Å². The Labute approximate surface area is 225 Å². The molecule has 1 aromatic heterocycles. The quantitative estimate of drug-likeness (QED) is 0.359. The van der Waals surface area contributed by atoms with Gasteiger partial charge in [0.1, 0.15) is 17.6 Å². The van der Waals surface area contributed by atoms with Crippen molar-refractivity contribution in [3.8, 4) is 10.4 Å². The van der Waals surface area contributed by atoms with E-state index < -0.39 is 17.1 Å². The molecule has 0 radical (unpaired) electrons. The number of nitrogens with zero attached hydrogens (tertiary/aromatic N) is 1. The second-order valence-electron chi connectivity index (χ2n) is 10.7. The Bertz CT molecular complexity index is 1070. The minimum atomic E-state index is -1.48. The second kappa shape index (κ2) is 11.9. The van der Waals surface area contributed by atoms with E-state index in [1.165, 1.54) is 37.1 Å². The molecule has 2 fully saturated rings. The number of rotatable bonds is 8. The second-order valence-corrected chi connectivity index (χ2v) is 14.1. The predicted octanol–water partition coefficient (Wildman–Crippen LogP) is 6.26. The molecule has 4 rings (SSSR count). The molecule has 7 nitrogen and oxygen atoms in total. The molecule has 10 heteroatoms. The van der Waals surface area contributed by atoms with E-state index in [4.69, 9.17) is 9.72 Å². The van der Waals surface area contributed by atoms with Gasteiger partial charge < -0.3 is 4.74 Å². The Balaban J connectivity index is 1.53. The molecule has 1 amide bonds. The minimum absolute atomic E-state index is 0.216. The van der Waals surface area contributed by atoms with Crippen LogP contribution >= 0.6 is 23.1 Å². The lowest BCUT2D eigenvalue weighted by molar-refractivity contribution is 0.145. The summed E-state index contributed by atoms with van der Waals surface area (Å²) in [6.45, 7) is 7.18. The Kier molecular flexibility index (Phi) is 9.14. The molecular weight excluding hydrogens is 513 g/mol. The highest BCUT2D eigenvalue weighted by Gasteiger charge is 2.34. The van der Waals surface area contributed by atoms with Crippen LogP contribution in [0.5, 0.6) is 0 Å². The fraction of sp³-hybridized carbons (Fsp3) is 0.615. The first kappa shape index (κ1) is 27.6. The number of amides is 1. The van der Waals surface area contributed by atoms with E-state index in [1.54, 1.807) is 29.2 Å². The summed E-state index contributed by atoms with van der Waals surface area (Å²) in [7, 11) is -1.48. The smallest absolute Gasteiger partial charge is 0.411 e. The zero-order chi connectivity index (χ0) is 25.8. The number of carbonyl (C=O) groups is 1. The maximum absolute atomic E-state index is 13.4. The molecule has 2 unspecified atom stereocenters. The minimum Gasteiger partial charge on any atom is -0.446 e. The lowest BCUT2D eigenvalue weighted by Gasteiger charge is -2.26. The summed E-state index contributed by atoms with van der Waals surface area (Å²) in [5, 5.41) is 7.43. The summed E-state index contributed by atoms with van der Waals surface area (Å²) in [6.07, 6.45) is 11.7. The summed E-state index contributed by atoms with van der Waals surface area (Å²) >= 11 is 3.37. The van der Waals surface area contributed by atoms with E-state index in [2.05, 4.69) is 15.4 Å². The third-order valence-corrected chi connectivity index (χ3v) is 10.6. The average Bonchev–Trinajstić information content (AvgIpc) is 3.53. The first-order valence-electron chi connectivity index (χ1n) is 12.7. The number of anilines is 1. The number of aromatic nitrogens is 1. The van der Waals surface area contributed by atoms with E-state index in [0.29, 0.717) is 23.1 Å². The number of thioether (sulfide) groups is 1. The molecule has 1 aromatic carbocycles. The van der Waals surface area contributed by atoms with Crippen molar-refractivity contribution < 1.29 is 13.7 Å². The zero-order valence-corrected chi connectivity index (χ0v) is 24.1. The van der Waals surface area contributed by atoms with Gasteiger partial charge in [-0.25, -0.2) is 18.7 Å². The molecule has 2 aliphatic rings. The molecule has 2 aromatic rings. The normalized spacial score (nSPS) is 21.9. The van der Waals surface area contributed by atoms with Crippen molar-refractivity contribution in [2.75, 3.05) is 24.7 Å². The number of hydrogen-bond donors (Lipinski definition) is 3. The van der Waals surface area contributed by atoms with Crippen LogP contribution in [-0.4, -0.2) is 45.1 Å². The van der Waals surface area contributed by atoms with Gasteiger partial charge in [0.25, 0.3) is 0 Å². The van der Waals surface area contributed by atoms with Gasteiger partial charge in [-0.05, 0) is 71.4 Å². The van der Waals surface area contributed by atoms with Crippen LogP contribution in [0.15, 0.2) is 29.3 Å². The molecule has 2 heterocycles. The maximum Gasteiger partial charge on any atom is 0.411 e. The van der Waals surface area contributed by atoms with Crippen LogP contribution in [0.4, 0.5) is 10.5 Å². The average molecular weight is 551 g/mol. The molecule has 198 valence electrons.